The maximum atomic E-state index is 12.2. The van der Waals surface area contributed by atoms with Gasteiger partial charge in [0.15, 0.2) is 15.8 Å². The van der Waals surface area contributed by atoms with Gasteiger partial charge in [0.05, 0.1) is 11.5 Å². The molecule has 0 amide bonds. The molecule has 1 aliphatic rings. The number of nitrogens with one attached hydrogen (secondary N) is 1. The molecule has 0 bridgehead atoms. The van der Waals surface area contributed by atoms with Crippen LogP contribution < -0.4 is 5.32 Å². The first-order valence-corrected chi connectivity index (χ1v) is 10.3. The van der Waals surface area contributed by atoms with E-state index in [0.29, 0.717) is 18.4 Å². The van der Waals surface area contributed by atoms with Crippen molar-refractivity contribution in [3.8, 4) is 0 Å². The highest BCUT2D eigenvalue weighted by Crippen LogP contribution is 2.28. The van der Waals surface area contributed by atoms with E-state index in [1.165, 1.54) is 0 Å². The minimum Gasteiger partial charge on any atom is -0.356 e. The SMILES string of the molecule is CN=C(NCCCS(=O)(=O)Cc1ccccc1)N1CCC(C)(C)C1.I. The number of hydrogen-bond donors (Lipinski definition) is 1. The molecule has 1 heterocycles. The maximum Gasteiger partial charge on any atom is 0.193 e. The molecule has 0 atom stereocenters. The van der Waals surface area contributed by atoms with Gasteiger partial charge >= 0.3 is 0 Å². The fourth-order valence-corrected chi connectivity index (χ4v) is 4.45. The third-order valence-corrected chi connectivity index (χ3v) is 6.02. The van der Waals surface area contributed by atoms with Crippen LogP contribution in [-0.2, 0) is 15.6 Å². The van der Waals surface area contributed by atoms with Crippen LogP contribution in [0.25, 0.3) is 0 Å². The minimum absolute atomic E-state index is 0. The monoisotopic (exact) mass is 479 g/mol. The molecule has 0 saturated carbocycles. The summed E-state index contributed by atoms with van der Waals surface area (Å²) >= 11 is 0. The highest BCUT2D eigenvalue weighted by molar-refractivity contribution is 14.0. The predicted molar refractivity (Wildman–Crippen MR) is 115 cm³/mol. The first-order chi connectivity index (χ1) is 11.3. The van der Waals surface area contributed by atoms with E-state index in [9.17, 15) is 8.42 Å². The second-order valence-electron chi connectivity index (χ2n) is 7.24. The van der Waals surface area contributed by atoms with Gasteiger partial charge in [-0.2, -0.15) is 0 Å². The molecule has 0 aromatic heterocycles. The van der Waals surface area contributed by atoms with E-state index in [1.54, 1.807) is 7.05 Å². The highest BCUT2D eigenvalue weighted by Gasteiger charge is 2.30. The molecule has 1 aromatic carbocycles. The molecule has 0 unspecified atom stereocenters. The normalized spacial score (nSPS) is 17.2. The Balaban J connectivity index is 0.00000312. The van der Waals surface area contributed by atoms with Crippen LogP contribution in [-0.4, -0.2) is 51.7 Å². The Labute approximate surface area is 169 Å². The number of benzene rings is 1. The van der Waals surface area contributed by atoms with Crippen molar-refractivity contribution < 1.29 is 8.42 Å². The van der Waals surface area contributed by atoms with Gasteiger partial charge in [0.2, 0.25) is 0 Å². The van der Waals surface area contributed by atoms with Crippen LogP contribution in [0.2, 0.25) is 0 Å². The van der Waals surface area contributed by atoms with Gasteiger partial charge in [-0.05, 0) is 23.8 Å². The lowest BCUT2D eigenvalue weighted by Crippen LogP contribution is -2.41. The van der Waals surface area contributed by atoms with Crippen molar-refractivity contribution in [2.75, 3.05) is 32.4 Å². The zero-order valence-electron chi connectivity index (χ0n) is 15.4. The quantitative estimate of drug-likeness (QED) is 0.295. The minimum atomic E-state index is -3.07. The van der Waals surface area contributed by atoms with Crippen LogP contribution in [0.15, 0.2) is 35.3 Å². The van der Waals surface area contributed by atoms with Gasteiger partial charge in [0, 0.05) is 26.7 Å². The van der Waals surface area contributed by atoms with E-state index in [0.717, 1.165) is 31.0 Å². The Morgan fingerprint density at radius 3 is 2.52 bits per heavy atom. The molecule has 142 valence electrons. The Morgan fingerprint density at radius 2 is 1.96 bits per heavy atom. The average Bonchev–Trinajstić information content (AvgIpc) is 2.88. The van der Waals surface area contributed by atoms with E-state index in [4.69, 9.17) is 0 Å². The van der Waals surface area contributed by atoms with E-state index in [1.807, 2.05) is 30.3 Å². The second-order valence-corrected chi connectivity index (χ2v) is 9.43. The zero-order chi connectivity index (χ0) is 17.6. The Kier molecular flexibility index (Phi) is 8.67. The summed E-state index contributed by atoms with van der Waals surface area (Å²) in [6.07, 6.45) is 1.74. The fourth-order valence-electron chi connectivity index (χ4n) is 3.02. The van der Waals surface area contributed by atoms with Crippen molar-refractivity contribution in [2.45, 2.75) is 32.4 Å². The van der Waals surface area contributed by atoms with Crippen molar-refractivity contribution in [3.05, 3.63) is 35.9 Å². The number of aliphatic imine (C=N–C) groups is 1. The molecule has 1 saturated heterocycles. The largest absolute Gasteiger partial charge is 0.356 e. The first-order valence-electron chi connectivity index (χ1n) is 8.51. The molecule has 0 radical (unpaired) electrons. The van der Waals surface area contributed by atoms with Crippen LogP contribution in [0.5, 0.6) is 0 Å². The van der Waals surface area contributed by atoms with Gasteiger partial charge in [-0.1, -0.05) is 44.2 Å². The highest BCUT2D eigenvalue weighted by atomic mass is 127. The summed E-state index contributed by atoms with van der Waals surface area (Å²) in [5.41, 5.74) is 1.16. The Bertz CT molecular complexity index is 660. The van der Waals surface area contributed by atoms with Gasteiger partial charge in [-0.15, -0.1) is 24.0 Å². The van der Waals surface area contributed by atoms with Crippen molar-refractivity contribution >= 4 is 39.8 Å². The van der Waals surface area contributed by atoms with Crippen LogP contribution >= 0.6 is 24.0 Å². The third-order valence-electron chi connectivity index (χ3n) is 4.33. The number of rotatable bonds is 6. The van der Waals surface area contributed by atoms with Crippen molar-refractivity contribution in [1.29, 1.82) is 0 Å². The van der Waals surface area contributed by atoms with Crippen LogP contribution in [0, 0.1) is 5.41 Å². The van der Waals surface area contributed by atoms with E-state index < -0.39 is 9.84 Å². The molecular formula is C18H30IN3O2S. The van der Waals surface area contributed by atoms with Gasteiger partial charge in [-0.25, -0.2) is 8.42 Å². The number of sulfone groups is 1. The number of guanidine groups is 1. The maximum absolute atomic E-state index is 12.2. The fraction of sp³-hybridized carbons (Fsp3) is 0.611. The number of hydrogen-bond acceptors (Lipinski definition) is 3. The average molecular weight is 479 g/mol. The van der Waals surface area contributed by atoms with Gasteiger partial charge in [0.1, 0.15) is 0 Å². The summed E-state index contributed by atoms with van der Waals surface area (Å²) in [6.45, 7) is 7.13. The van der Waals surface area contributed by atoms with Crippen LogP contribution in [0.1, 0.15) is 32.3 Å². The molecule has 7 heteroatoms. The topological polar surface area (TPSA) is 61.8 Å². The molecule has 0 spiro atoms. The molecule has 1 aromatic rings. The van der Waals surface area contributed by atoms with Crippen molar-refractivity contribution in [2.24, 2.45) is 10.4 Å². The lowest BCUT2D eigenvalue weighted by atomic mass is 9.93. The summed E-state index contributed by atoms with van der Waals surface area (Å²) in [7, 11) is -1.29. The van der Waals surface area contributed by atoms with Gasteiger partial charge < -0.3 is 10.2 Å². The van der Waals surface area contributed by atoms with Gasteiger partial charge in [-0.3, -0.25) is 4.99 Å². The van der Waals surface area contributed by atoms with Crippen molar-refractivity contribution in [3.63, 3.8) is 0 Å². The molecule has 5 nitrogen and oxygen atoms in total. The summed E-state index contributed by atoms with van der Waals surface area (Å²) < 4.78 is 24.4. The molecule has 0 aliphatic carbocycles. The smallest absolute Gasteiger partial charge is 0.193 e. The third kappa shape index (κ3) is 7.52. The lowest BCUT2D eigenvalue weighted by molar-refractivity contribution is 0.370. The predicted octanol–water partition coefficient (Wildman–Crippen LogP) is 2.92. The Morgan fingerprint density at radius 1 is 1.28 bits per heavy atom. The Hall–Kier alpha value is -0.830. The van der Waals surface area contributed by atoms with Crippen LogP contribution in [0.3, 0.4) is 0 Å². The summed E-state index contributed by atoms with van der Waals surface area (Å²) in [6, 6.07) is 9.34. The summed E-state index contributed by atoms with van der Waals surface area (Å²) in [5, 5.41) is 3.30. The standard InChI is InChI=1S/C18H29N3O2S.HI/c1-18(2)10-12-21(15-18)17(19-3)20-11-7-13-24(22,23)14-16-8-5-4-6-9-16;/h4-6,8-9H,7,10-15H2,1-3H3,(H,19,20);1H. The molecule has 2 rings (SSSR count). The van der Waals surface area contributed by atoms with E-state index in [-0.39, 0.29) is 35.5 Å². The van der Waals surface area contributed by atoms with Crippen molar-refractivity contribution in [1.82, 2.24) is 10.2 Å². The zero-order valence-corrected chi connectivity index (χ0v) is 18.5. The lowest BCUT2D eigenvalue weighted by Gasteiger charge is -2.23. The molecule has 1 aliphatic heterocycles. The molecule has 1 fully saturated rings. The number of halogens is 1. The summed E-state index contributed by atoms with van der Waals surface area (Å²) in [4.78, 5) is 6.57. The first kappa shape index (κ1) is 22.2. The van der Waals surface area contributed by atoms with Gasteiger partial charge in [0.25, 0.3) is 0 Å². The van der Waals surface area contributed by atoms with E-state index >= 15 is 0 Å². The van der Waals surface area contributed by atoms with E-state index in [2.05, 4.69) is 29.1 Å². The number of likely N-dealkylation sites (tertiary alicyclic amines) is 1. The summed E-state index contributed by atoms with van der Waals surface area (Å²) in [5.74, 6) is 1.18. The molecule has 1 N–H and O–H groups in total. The molecule has 25 heavy (non-hydrogen) atoms. The molecular weight excluding hydrogens is 449 g/mol. The number of nitrogens with zero attached hydrogens (tertiary/aromatic N) is 2. The van der Waals surface area contributed by atoms with Crippen LogP contribution in [0.4, 0.5) is 0 Å². The second kappa shape index (κ2) is 9.75.